The highest BCUT2D eigenvalue weighted by atomic mass is 31.0. The summed E-state index contributed by atoms with van der Waals surface area (Å²) < 4.78 is 36.4. The molecule has 0 aliphatic carbocycles. The molecule has 13 heavy (non-hydrogen) atoms. The molecule has 1 aromatic rings. The maximum atomic E-state index is 12.1. The van der Waals surface area contributed by atoms with Crippen LogP contribution in [0.4, 0.5) is 13.2 Å². The first-order valence-corrected chi connectivity index (χ1v) is 3.89. The molecule has 1 rings (SSSR count). The summed E-state index contributed by atoms with van der Waals surface area (Å²) in [6.07, 6.45) is -4.38. The summed E-state index contributed by atoms with van der Waals surface area (Å²) in [6, 6.07) is 4.73. The lowest BCUT2D eigenvalue weighted by Gasteiger charge is -2.07. The third kappa shape index (κ3) is 2.19. The summed E-state index contributed by atoms with van der Waals surface area (Å²) in [5, 5.41) is 8.95. The molecular formula is C8H5F3NP. The lowest BCUT2D eigenvalue weighted by molar-refractivity contribution is -0.137. The Balaban J connectivity index is 3.24. The first kappa shape index (κ1) is 10.0. The van der Waals surface area contributed by atoms with Crippen LogP contribution in [0.3, 0.4) is 0 Å². The molecule has 0 saturated heterocycles. The van der Waals surface area contributed by atoms with Crippen molar-refractivity contribution < 1.29 is 13.2 Å². The minimum atomic E-state index is -4.38. The number of nitriles is 1. The van der Waals surface area contributed by atoms with E-state index < -0.39 is 11.7 Å². The van der Waals surface area contributed by atoms with Gasteiger partial charge in [0.1, 0.15) is 0 Å². The Bertz CT molecular complexity index is 365. The quantitative estimate of drug-likeness (QED) is 0.592. The Morgan fingerprint density at radius 3 is 2.38 bits per heavy atom. The van der Waals surface area contributed by atoms with E-state index in [1.54, 1.807) is 6.07 Å². The summed E-state index contributed by atoms with van der Waals surface area (Å²) in [6.45, 7) is 0. The molecule has 0 aliphatic rings. The Labute approximate surface area is 75.4 Å². The summed E-state index contributed by atoms with van der Waals surface area (Å²) >= 11 is 0. The third-order valence-electron chi connectivity index (χ3n) is 1.50. The largest absolute Gasteiger partial charge is 0.416 e. The molecule has 68 valence electrons. The van der Waals surface area contributed by atoms with Crippen LogP contribution in [0.2, 0.25) is 0 Å². The van der Waals surface area contributed by atoms with E-state index in [9.17, 15) is 13.2 Å². The fourth-order valence-electron chi connectivity index (χ4n) is 0.829. The van der Waals surface area contributed by atoms with Crippen LogP contribution in [0, 0.1) is 11.3 Å². The van der Waals surface area contributed by atoms with Gasteiger partial charge in [-0.05, 0) is 17.4 Å². The van der Waals surface area contributed by atoms with E-state index in [-0.39, 0.29) is 5.56 Å². The van der Waals surface area contributed by atoms with Crippen LogP contribution in [0.25, 0.3) is 0 Å². The maximum Gasteiger partial charge on any atom is 0.416 e. The second-order valence-corrected chi connectivity index (χ2v) is 3.03. The van der Waals surface area contributed by atoms with Crippen molar-refractivity contribution in [1.29, 1.82) is 5.26 Å². The number of benzene rings is 1. The van der Waals surface area contributed by atoms with E-state index in [1.807, 2.05) is 0 Å². The van der Waals surface area contributed by atoms with Gasteiger partial charge in [0, 0.05) is 0 Å². The number of halogens is 3. The summed E-state index contributed by atoms with van der Waals surface area (Å²) in [5.41, 5.74) is -0.768. The summed E-state index contributed by atoms with van der Waals surface area (Å²) in [7, 11) is 2.21. The van der Waals surface area contributed by atoms with E-state index in [0.717, 1.165) is 12.1 Å². The summed E-state index contributed by atoms with van der Waals surface area (Å²) in [5.74, 6) is 0. The third-order valence-corrected chi connectivity index (χ3v) is 2.00. The molecule has 0 aromatic heterocycles. The van der Waals surface area contributed by atoms with Crippen LogP contribution in [0.5, 0.6) is 0 Å². The molecule has 1 aromatic carbocycles. The smallest absolute Gasteiger partial charge is 0.192 e. The number of hydrogen-bond donors (Lipinski definition) is 0. The highest BCUT2D eigenvalue weighted by molar-refractivity contribution is 7.27. The molecule has 1 atom stereocenters. The van der Waals surface area contributed by atoms with Crippen LogP contribution < -0.4 is 5.30 Å². The molecule has 0 bridgehead atoms. The lowest BCUT2D eigenvalue weighted by Crippen LogP contribution is -2.08. The van der Waals surface area contributed by atoms with Gasteiger partial charge in [0.2, 0.25) is 0 Å². The van der Waals surface area contributed by atoms with Crippen molar-refractivity contribution in [2.45, 2.75) is 6.18 Å². The predicted octanol–water partition coefficient (Wildman–Crippen LogP) is 2.08. The summed E-state index contributed by atoms with van der Waals surface area (Å²) in [4.78, 5) is 0. The van der Waals surface area contributed by atoms with Gasteiger partial charge < -0.3 is 0 Å². The zero-order valence-corrected chi connectivity index (χ0v) is 7.55. The normalized spacial score (nSPS) is 11.0. The topological polar surface area (TPSA) is 23.8 Å². The molecule has 0 saturated carbocycles. The minimum absolute atomic E-state index is 0.0276. The van der Waals surface area contributed by atoms with E-state index in [0.29, 0.717) is 5.30 Å². The average Bonchev–Trinajstić information content (AvgIpc) is 2.03. The minimum Gasteiger partial charge on any atom is -0.192 e. The first-order valence-electron chi connectivity index (χ1n) is 3.32. The fraction of sp³-hybridized carbons (Fsp3) is 0.125. The van der Waals surface area contributed by atoms with Gasteiger partial charge in [-0.1, -0.05) is 6.07 Å². The van der Waals surface area contributed by atoms with Crippen molar-refractivity contribution in [2.75, 3.05) is 0 Å². The molecule has 0 N–H and O–H groups in total. The van der Waals surface area contributed by atoms with Crippen molar-refractivity contribution in [1.82, 2.24) is 0 Å². The van der Waals surface area contributed by atoms with E-state index >= 15 is 0 Å². The number of hydrogen-bond acceptors (Lipinski definition) is 1. The van der Waals surface area contributed by atoms with Crippen LogP contribution in [0.1, 0.15) is 11.1 Å². The second-order valence-electron chi connectivity index (χ2n) is 2.41. The van der Waals surface area contributed by atoms with E-state index in [2.05, 4.69) is 9.24 Å². The Morgan fingerprint density at radius 1 is 1.31 bits per heavy atom. The molecule has 0 heterocycles. The molecule has 5 heteroatoms. The number of nitrogens with zero attached hydrogens (tertiary/aromatic N) is 1. The molecule has 0 aliphatic heterocycles. The lowest BCUT2D eigenvalue weighted by atomic mass is 10.1. The monoisotopic (exact) mass is 203 g/mol. The molecule has 1 unspecified atom stereocenters. The first-order chi connectivity index (χ1) is 5.95. The number of alkyl halides is 3. The second kappa shape index (κ2) is 3.35. The standard InChI is InChI=1S/C8H5F3NP/c9-8(10,11)6-1-2-7(13)5(3-6)4-12/h1-3H,13H2. The van der Waals surface area contributed by atoms with Crippen LogP contribution in [-0.2, 0) is 6.18 Å². The molecule has 0 spiro atoms. The van der Waals surface area contributed by atoms with Gasteiger partial charge in [0.05, 0.1) is 17.2 Å². The van der Waals surface area contributed by atoms with Gasteiger partial charge in [-0.25, -0.2) is 0 Å². The number of rotatable bonds is 0. The Kier molecular flexibility index (Phi) is 2.58. The van der Waals surface area contributed by atoms with Gasteiger partial charge in [0.15, 0.2) is 0 Å². The predicted molar refractivity (Wildman–Crippen MR) is 45.5 cm³/mol. The van der Waals surface area contributed by atoms with Crippen LogP contribution in [-0.4, -0.2) is 0 Å². The average molecular weight is 203 g/mol. The van der Waals surface area contributed by atoms with Crippen LogP contribution in [0.15, 0.2) is 18.2 Å². The van der Waals surface area contributed by atoms with Crippen molar-refractivity contribution in [2.24, 2.45) is 0 Å². The fourth-order valence-corrected chi connectivity index (χ4v) is 1.07. The molecule has 1 nitrogen and oxygen atoms in total. The van der Waals surface area contributed by atoms with E-state index in [4.69, 9.17) is 5.26 Å². The van der Waals surface area contributed by atoms with Crippen molar-refractivity contribution in [3.05, 3.63) is 29.3 Å². The molecule has 0 radical (unpaired) electrons. The molecule has 0 fully saturated rings. The van der Waals surface area contributed by atoms with Gasteiger partial charge in [-0.3, -0.25) is 0 Å². The van der Waals surface area contributed by atoms with Crippen LogP contribution >= 0.6 is 9.24 Å². The van der Waals surface area contributed by atoms with Gasteiger partial charge in [-0.2, -0.15) is 18.4 Å². The molecular weight excluding hydrogens is 198 g/mol. The SMILES string of the molecule is N#Cc1cc(C(F)(F)F)ccc1P. The van der Waals surface area contributed by atoms with Crippen molar-refractivity contribution >= 4 is 14.5 Å². The zero-order valence-electron chi connectivity index (χ0n) is 6.39. The Morgan fingerprint density at radius 2 is 1.92 bits per heavy atom. The zero-order chi connectivity index (χ0) is 10.1. The van der Waals surface area contributed by atoms with E-state index in [1.165, 1.54) is 6.07 Å². The Hall–Kier alpha value is -1.07. The highest BCUT2D eigenvalue weighted by Gasteiger charge is 2.30. The van der Waals surface area contributed by atoms with Crippen molar-refractivity contribution in [3.63, 3.8) is 0 Å². The van der Waals surface area contributed by atoms with Crippen molar-refractivity contribution in [3.8, 4) is 6.07 Å². The van der Waals surface area contributed by atoms with Gasteiger partial charge >= 0.3 is 6.18 Å². The van der Waals surface area contributed by atoms with Gasteiger partial charge in [0.25, 0.3) is 0 Å². The van der Waals surface area contributed by atoms with Gasteiger partial charge in [-0.15, -0.1) is 9.24 Å². The highest BCUT2D eigenvalue weighted by Crippen LogP contribution is 2.29. The molecule has 0 amide bonds. The maximum absolute atomic E-state index is 12.1.